The summed E-state index contributed by atoms with van der Waals surface area (Å²) in [4.78, 5) is 41.6. The Hall–Kier alpha value is -5.92. The standard InChI is InChI=1S/C45H53N13O3/c1-29(23-46)49-37-22-41(58-43-32(24-48-58)7-12-40(50-43)56-26-36-21-35(56)28-61-36)47-25-39(37)57-27-38(52-53-57)31-5-3-30(4-6-31)14-16-54-17-19-55(20-18-54)34-10-8-33(9-11-34)45(2)15-13-42(59)51-44(45)60/h7-12,22,24-25,27,29-31,35-36H,3-6,13-21,26,28H2,1-2H3,(H,47,49)(H,51,59,60)/t29-,30?,31?,35-,36-,45-/m1/s1. The number of carbonyl (C=O) groups excluding carboxylic acids is 2. The Balaban J connectivity index is 0.739. The zero-order chi connectivity index (χ0) is 41.7. The molecule has 16 heteroatoms. The first kappa shape index (κ1) is 39.2. The van der Waals surface area contributed by atoms with E-state index in [0.29, 0.717) is 42.2 Å². The second-order valence-electron chi connectivity index (χ2n) is 17.9. The Morgan fingerprint density at radius 2 is 1.85 bits per heavy atom. The van der Waals surface area contributed by atoms with Gasteiger partial charge >= 0.3 is 0 Å². The van der Waals surface area contributed by atoms with E-state index in [4.69, 9.17) is 14.7 Å². The number of hydrogen-bond acceptors (Lipinski definition) is 13. The molecule has 0 radical (unpaired) electrons. The monoisotopic (exact) mass is 823 g/mol. The van der Waals surface area contributed by atoms with Crippen LogP contribution in [0.3, 0.4) is 0 Å². The Bertz CT molecular complexity index is 2460. The van der Waals surface area contributed by atoms with Crippen LogP contribution in [0.1, 0.15) is 82.4 Å². The molecule has 1 aliphatic carbocycles. The molecule has 316 valence electrons. The van der Waals surface area contributed by atoms with E-state index in [0.717, 1.165) is 98.9 Å². The van der Waals surface area contributed by atoms with Gasteiger partial charge in [0.2, 0.25) is 11.8 Å². The summed E-state index contributed by atoms with van der Waals surface area (Å²) in [6, 6.07) is 16.6. The number of piperazine rings is 1. The van der Waals surface area contributed by atoms with Crippen LogP contribution in [0.2, 0.25) is 0 Å². The number of carbonyl (C=O) groups is 2. The lowest BCUT2D eigenvalue weighted by Gasteiger charge is -2.37. The number of benzene rings is 1. The fourth-order valence-electron chi connectivity index (χ4n) is 10.1. The average Bonchev–Trinajstić information content (AvgIpc) is 4.13. The van der Waals surface area contributed by atoms with Gasteiger partial charge in [-0.25, -0.2) is 14.6 Å². The maximum Gasteiger partial charge on any atom is 0.236 e. The van der Waals surface area contributed by atoms with Crippen LogP contribution in [0.4, 0.5) is 17.2 Å². The van der Waals surface area contributed by atoms with Crippen molar-refractivity contribution < 1.29 is 14.3 Å². The summed E-state index contributed by atoms with van der Waals surface area (Å²) >= 11 is 0. The lowest BCUT2D eigenvalue weighted by molar-refractivity contribution is -0.137. The zero-order valence-corrected chi connectivity index (χ0v) is 34.9. The van der Waals surface area contributed by atoms with Gasteiger partial charge in [0, 0.05) is 62.2 Å². The lowest BCUT2D eigenvalue weighted by Crippen LogP contribution is -2.49. The lowest BCUT2D eigenvalue weighted by atomic mass is 9.75. The third kappa shape index (κ3) is 7.69. The van der Waals surface area contributed by atoms with Crippen molar-refractivity contribution in [1.29, 1.82) is 5.26 Å². The van der Waals surface area contributed by atoms with Gasteiger partial charge in [-0.05, 0) is 101 Å². The minimum absolute atomic E-state index is 0.187. The van der Waals surface area contributed by atoms with Crippen LogP contribution in [0.5, 0.6) is 0 Å². The van der Waals surface area contributed by atoms with E-state index >= 15 is 0 Å². The molecule has 2 bridgehead atoms. The molecule has 5 aliphatic rings. The molecule has 0 spiro atoms. The Labute approximate surface area is 355 Å². The van der Waals surface area contributed by atoms with Crippen LogP contribution < -0.4 is 20.4 Å². The van der Waals surface area contributed by atoms with E-state index in [1.807, 2.05) is 32.3 Å². The summed E-state index contributed by atoms with van der Waals surface area (Å²) in [5.41, 5.74) is 4.63. The fraction of sp³-hybridized carbons (Fsp3) is 0.511. The molecular weight excluding hydrogens is 771 g/mol. The smallest absolute Gasteiger partial charge is 0.236 e. The van der Waals surface area contributed by atoms with Gasteiger partial charge in [0.25, 0.3) is 0 Å². The van der Waals surface area contributed by atoms with Gasteiger partial charge in [0.15, 0.2) is 11.5 Å². The average molecular weight is 824 g/mol. The van der Waals surface area contributed by atoms with Crippen molar-refractivity contribution >= 4 is 40.0 Å². The zero-order valence-electron chi connectivity index (χ0n) is 34.9. The Morgan fingerprint density at radius 3 is 2.59 bits per heavy atom. The largest absolute Gasteiger partial charge is 0.374 e. The fourth-order valence-corrected chi connectivity index (χ4v) is 10.1. The first-order valence-corrected chi connectivity index (χ1v) is 21.9. The van der Waals surface area contributed by atoms with Crippen molar-refractivity contribution in [2.45, 2.75) is 94.7 Å². The first-order valence-electron chi connectivity index (χ1n) is 21.9. The number of ether oxygens (including phenoxy) is 1. The molecule has 5 aromatic rings. The molecule has 1 saturated carbocycles. The minimum atomic E-state index is -0.667. The number of nitrogens with zero attached hydrogens (tertiary/aromatic N) is 11. The number of hydrogen-bond donors (Lipinski definition) is 2. The normalized spacial score (nSPS) is 26.1. The van der Waals surface area contributed by atoms with E-state index in [1.165, 1.54) is 24.9 Å². The molecule has 4 aromatic heterocycles. The highest BCUT2D eigenvalue weighted by molar-refractivity contribution is 6.03. The summed E-state index contributed by atoms with van der Waals surface area (Å²) < 4.78 is 9.35. The molecule has 4 saturated heterocycles. The van der Waals surface area contributed by atoms with Gasteiger partial charge in [-0.3, -0.25) is 19.8 Å². The predicted molar refractivity (Wildman–Crippen MR) is 230 cm³/mol. The molecule has 2 N–H and O–H groups in total. The number of imide groups is 1. The van der Waals surface area contributed by atoms with E-state index < -0.39 is 11.5 Å². The van der Waals surface area contributed by atoms with E-state index in [-0.39, 0.29) is 17.9 Å². The number of nitrogens with one attached hydrogen (secondary N) is 2. The van der Waals surface area contributed by atoms with Crippen molar-refractivity contribution in [3.8, 4) is 17.6 Å². The number of pyridine rings is 2. The molecule has 2 amide bonds. The molecule has 5 fully saturated rings. The van der Waals surface area contributed by atoms with Crippen LogP contribution in [-0.2, 0) is 19.7 Å². The second kappa shape index (κ2) is 16.2. The van der Waals surface area contributed by atoms with Crippen LogP contribution in [0.15, 0.2) is 61.1 Å². The molecule has 8 heterocycles. The number of rotatable bonds is 11. The third-order valence-electron chi connectivity index (χ3n) is 14.0. The third-order valence-corrected chi connectivity index (χ3v) is 14.0. The highest BCUT2D eigenvalue weighted by atomic mass is 16.5. The van der Waals surface area contributed by atoms with Gasteiger partial charge in [-0.2, -0.15) is 15.0 Å². The topological polar surface area (TPSA) is 175 Å². The van der Waals surface area contributed by atoms with E-state index in [1.54, 1.807) is 15.6 Å². The number of fused-ring (bicyclic) bond motifs is 3. The molecule has 4 atom stereocenters. The number of nitriles is 1. The SMILES string of the molecule is C[C@H](C#N)Nc1cc(-n2ncc3ccc(N4C[C@H]5C[C@@H]4CO5)nc32)ncc1-n1cc(C2CCC(CCN3CCN(c4ccc([C@@]5(C)CCC(=O)NC5=O)cc4)CC3)CC2)nn1. The molecular formula is C45H53N13O3. The van der Waals surface area contributed by atoms with Crippen LogP contribution in [-0.4, -0.2) is 116 Å². The summed E-state index contributed by atoms with van der Waals surface area (Å²) in [6.07, 6.45) is 13.6. The number of morpholine rings is 1. The van der Waals surface area contributed by atoms with E-state index in [9.17, 15) is 14.9 Å². The van der Waals surface area contributed by atoms with Gasteiger partial charge in [-0.15, -0.1) is 5.10 Å². The van der Waals surface area contributed by atoms with Crippen molar-refractivity contribution in [1.82, 2.24) is 45.0 Å². The summed E-state index contributed by atoms with van der Waals surface area (Å²) in [7, 11) is 0. The quantitative estimate of drug-likeness (QED) is 0.173. The van der Waals surface area contributed by atoms with Gasteiger partial charge in [0.1, 0.15) is 17.5 Å². The number of aromatic nitrogens is 7. The molecule has 1 aromatic carbocycles. The van der Waals surface area contributed by atoms with Crippen LogP contribution >= 0.6 is 0 Å². The number of amides is 2. The molecule has 61 heavy (non-hydrogen) atoms. The number of anilines is 3. The van der Waals surface area contributed by atoms with Crippen molar-refractivity contribution in [3.05, 3.63) is 72.3 Å². The maximum absolute atomic E-state index is 12.6. The number of piperidine rings is 1. The van der Waals surface area contributed by atoms with Crippen molar-refractivity contribution in [2.24, 2.45) is 5.92 Å². The molecule has 16 nitrogen and oxygen atoms in total. The highest BCUT2D eigenvalue weighted by Crippen LogP contribution is 2.38. The second-order valence-corrected chi connectivity index (χ2v) is 17.9. The van der Waals surface area contributed by atoms with Gasteiger partial charge in [-0.1, -0.05) is 17.3 Å². The van der Waals surface area contributed by atoms with Crippen LogP contribution in [0.25, 0.3) is 22.5 Å². The van der Waals surface area contributed by atoms with E-state index in [2.05, 4.69) is 83.2 Å². The summed E-state index contributed by atoms with van der Waals surface area (Å²) in [5, 5.41) is 30.4. The predicted octanol–water partition coefficient (Wildman–Crippen LogP) is 4.88. The van der Waals surface area contributed by atoms with Gasteiger partial charge < -0.3 is 19.9 Å². The maximum atomic E-state index is 12.6. The highest BCUT2D eigenvalue weighted by Gasteiger charge is 2.41. The molecule has 0 unspecified atom stereocenters. The van der Waals surface area contributed by atoms with Crippen molar-refractivity contribution in [3.63, 3.8) is 0 Å². The molecule has 10 rings (SSSR count). The minimum Gasteiger partial charge on any atom is -0.374 e. The Kier molecular flexibility index (Phi) is 10.4. The Morgan fingerprint density at radius 1 is 1.03 bits per heavy atom. The van der Waals surface area contributed by atoms with Gasteiger partial charge in [0.05, 0.1) is 60.2 Å². The van der Waals surface area contributed by atoms with Crippen molar-refractivity contribution in [2.75, 3.05) is 61.0 Å². The summed E-state index contributed by atoms with van der Waals surface area (Å²) in [5.74, 6) is 2.18. The van der Waals surface area contributed by atoms with Crippen LogP contribution in [0, 0.1) is 17.2 Å². The molecule has 4 aliphatic heterocycles. The summed E-state index contributed by atoms with van der Waals surface area (Å²) in [6.45, 7) is 10.5. The first-order chi connectivity index (χ1) is 29.7.